The molecule has 156 valence electrons. The summed E-state index contributed by atoms with van der Waals surface area (Å²) in [6.45, 7) is 4.43. The Morgan fingerprint density at radius 3 is 2.57 bits per heavy atom. The zero-order valence-electron chi connectivity index (χ0n) is 16.7. The van der Waals surface area contributed by atoms with Crippen LogP contribution in [-0.4, -0.2) is 70.0 Å². The zero-order chi connectivity index (χ0) is 20.5. The third-order valence-electron chi connectivity index (χ3n) is 5.66. The highest BCUT2D eigenvalue weighted by Crippen LogP contribution is 2.33. The molecule has 0 saturated carbocycles. The average molecular weight is 410 g/mol. The van der Waals surface area contributed by atoms with Crippen molar-refractivity contribution >= 4 is 0 Å². The molecule has 0 bridgehead atoms. The van der Waals surface area contributed by atoms with E-state index in [2.05, 4.69) is 32.4 Å². The van der Waals surface area contributed by atoms with Gasteiger partial charge in [0.15, 0.2) is 17.3 Å². The third-order valence-corrected chi connectivity index (χ3v) is 5.66. The number of rotatable bonds is 5. The van der Waals surface area contributed by atoms with E-state index in [1.165, 1.54) is 12.1 Å². The Labute approximate surface area is 173 Å². The van der Waals surface area contributed by atoms with Crippen LogP contribution in [0.2, 0.25) is 0 Å². The number of hydrogen-bond acceptors (Lipinski definition) is 7. The minimum Gasteiger partial charge on any atom is -0.454 e. The first-order valence-electron chi connectivity index (χ1n) is 10.00. The lowest BCUT2D eigenvalue weighted by Crippen LogP contribution is -2.46. The molecule has 0 aliphatic carbocycles. The molecule has 5 rings (SSSR count). The predicted octanol–water partition coefficient (Wildman–Crippen LogP) is 1.93. The minimum atomic E-state index is -0.254. The highest BCUT2D eigenvalue weighted by atomic mass is 19.1. The molecule has 2 aliphatic heterocycles. The van der Waals surface area contributed by atoms with Crippen LogP contribution in [0.5, 0.6) is 11.5 Å². The summed E-state index contributed by atoms with van der Waals surface area (Å²) in [6, 6.07) is 12.3. The fraction of sp³-hybridized carbons (Fsp3) is 0.381. The second kappa shape index (κ2) is 8.00. The van der Waals surface area contributed by atoms with Crippen LogP contribution in [0.25, 0.3) is 0 Å². The lowest BCUT2D eigenvalue weighted by Gasteiger charge is -2.37. The fourth-order valence-corrected chi connectivity index (χ4v) is 3.98. The molecule has 0 unspecified atom stereocenters. The maximum atomic E-state index is 13.6. The first kappa shape index (κ1) is 19.0. The average Bonchev–Trinajstić information content (AvgIpc) is 3.40. The van der Waals surface area contributed by atoms with E-state index in [0.29, 0.717) is 6.54 Å². The van der Waals surface area contributed by atoms with Crippen LogP contribution in [0.15, 0.2) is 42.5 Å². The van der Waals surface area contributed by atoms with Crippen molar-refractivity contribution in [1.29, 1.82) is 0 Å². The van der Waals surface area contributed by atoms with Gasteiger partial charge in [0.25, 0.3) is 0 Å². The number of fused-ring (bicyclic) bond motifs is 1. The molecule has 2 aliphatic rings. The van der Waals surface area contributed by atoms with Crippen LogP contribution >= 0.6 is 0 Å². The molecule has 0 amide bonds. The van der Waals surface area contributed by atoms with E-state index in [0.717, 1.165) is 54.6 Å². The normalized spacial score (nSPS) is 17.9. The second-order valence-electron chi connectivity index (χ2n) is 7.68. The van der Waals surface area contributed by atoms with Gasteiger partial charge < -0.3 is 14.4 Å². The molecular weight excluding hydrogens is 387 g/mol. The molecule has 2 aromatic carbocycles. The summed E-state index contributed by atoms with van der Waals surface area (Å²) in [5, 5.41) is 12.6. The van der Waals surface area contributed by atoms with Gasteiger partial charge in [-0.2, -0.15) is 0 Å². The van der Waals surface area contributed by atoms with Gasteiger partial charge in [0.2, 0.25) is 6.79 Å². The van der Waals surface area contributed by atoms with E-state index in [-0.39, 0.29) is 18.7 Å². The summed E-state index contributed by atoms with van der Waals surface area (Å²) in [7, 11) is 2.12. The number of ether oxygens (including phenoxy) is 2. The Morgan fingerprint density at radius 1 is 1.00 bits per heavy atom. The quantitative estimate of drug-likeness (QED) is 0.637. The maximum absolute atomic E-state index is 13.6. The van der Waals surface area contributed by atoms with Gasteiger partial charge in [-0.15, -0.1) is 5.10 Å². The Hall–Kier alpha value is -3.04. The summed E-state index contributed by atoms with van der Waals surface area (Å²) >= 11 is 0. The molecule has 1 atom stereocenters. The Bertz CT molecular complexity index is 1020. The summed E-state index contributed by atoms with van der Waals surface area (Å²) in [4.78, 5) is 4.66. The monoisotopic (exact) mass is 410 g/mol. The van der Waals surface area contributed by atoms with E-state index in [4.69, 9.17) is 9.47 Å². The molecule has 0 spiro atoms. The summed E-state index contributed by atoms with van der Waals surface area (Å²) < 4.78 is 26.3. The van der Waals surface area contributed by atoms with Crippen molar-refractivity contribution < 1.29 is 13.9 Å². The van der Waals surface area contributed by atoms with Crippen molar-refractivity contribution in [1.82, 2.24) is 30.0 Å². The molecule has 3 aromatic rings. The molecule has 9 heteroatoms. The molecule has 1 aromatic heterocycles. The van der Waals surface area contributed by atoms with Crippen molar-refractivity contribution in [3.8, 4) is 11.5 Å². The lowest BCUT2D eigenvalue weighted by atomic mass is 10.0. The van der Waals surface area contributed by atoms with Crippen LogP contribution in [0.4, 0.5) is 4.39 Å². The molecular formula is C21H23FN6O2. The van der Waals surface area contributed by atoms with Crippen LogP contribution in [0.1, 0.15) is 23.0 Å². The van der Waals surface area contributed by atoms with Gasteiger partial charge >= 0.3 is 0 Å². The Morgan fingerprint density at radius 2 is 1.77 bits per heavy atom. The molecule has 1 fully saturated rings. The fourth-order valence-electron chi connectivity index (χ4n) is 3.98. The zero-order valence-corrected chi connectivity index (χ0v) is 16.7. The highest BCUT2D eigenvalue weighted by molar-refractivity contribution is 5.44. The largest absolute Gasteiger partial charge is 0.454 e. The van der Waals surface area contributed by atoms with Crippen LogP contribution < -0.4 is 9.47 Å². The smallest absolute Gasteiger partial charge is 0.231 e. The number of halogens is 1. The second-order valence-corrected chi connectivity index (χ2v) is 7.68. The number of nitrogens with zero attached hydrogens (tertiary/aromatic N) is 6. The summed E-state index contributed by atoms with van der Waals surface area (Å²) in [6.07, 6.45) is 0. The van der Waals surface area contributed by atoms with E-state index >= 15 is 0 Å². The molecule has 3 heterocycles. The number of tetrazole rings is 1. The van der Waals surface area contributed by atoms with Gasteiger partial charge in [0, 0.05) is 26.2 Å². The number of aromatic nitrogens is 4. The first-order valence-corrected chi connectivity index (χ1v) is 10.00. The molecule has 8 nitrogen and oxygen atoms in total. The van der Waals surface area contributed by atoms with E-state index < -0.39 is 0 Å². The van der Waals surface area contributed by atoms with E-state index in [1.807, 2.05) is 35.0 Å². The predicted molar refractivity (Wildman–Crippen MR) is 107 cm³/mol. The van der Waals surface area contributed by atoms with Crippen molar-refractivity contribution in [3.05, 3.63) is 65.2 Å². The summed E-state index contributed by atoms with van der Waals surface area (Å²) in [5.74, 6) is 1.97. The first-order chi connectivity index (χ1) is 14.7. The van der Waals surface area contributed by atoms with E-state index in [1.54, 1.807) is 0 Å². The number of benzene rings is 2. The molecule has 0 radical (unpaired) electrons. The van der Waals surface area contributed by atoms with Crippen LogP contribution in [0.3, 0.4) is 0 Å². The topological polar surface area (TPSA) is 68.5 Å². The lowest BCUT2D eigenvalue weighted by molar-refractivity contribution is 0.121. The Kier molecular flexibility index (Phi) is 5.06. The summed E-state index contributed by atoms with van der Waals surface area (Å²) in [5.41, 5.74) is 1.99. The third kappa shape index (κ3) is 3.73. The van der Waals surface area contributed by atoms with Gasteiger partial charge in [-0.05, 0) is 52.9 Å². The van der Waals surface area contributed by atoms with Gasteiger partial charge in [-0.1, -0.05) is 18.2 Å². The van der Waals surface area contributed by atoms with Crippen molar-refractivity contribution in [2.75, 3.05) is 40.0 Å². The van der Waals surface area contributed by atoms with Gasteiger partial charge in [0.1, 0.15) is 5.82 Å². The number of hydrogen-bond donors (Lipinski definition) is 0. The standard InChI is InChI=1S/C21H23FN6O2/c1-26-8-10-27(11-9-26)20(16-3-5-17(22)6-4-16)21-23-24-25-28(21)13-15-2-7-18-19(12-15)30-14-29-18/h2-7,12,20H,8-11,13-14H2,1H3/t20-/m1/s1. The van der Waals surface area contributed by atoms with Crippen molar-refractivity contribution in [3.63, 3.8) is 0 Å². The van der Waals surface area contributed by atoms with Crippen molar-refractivity contribution in [2.45, 2.75) is 12.6 Å². The van der Waals surface area contributed by atoms with Gasteiger partial charge in [-0.25, -0.2) is 9.07 Å². The maximum Gasteiger partial charge on any atom is 0.231 e. The highest BCUT2D eigenvalue weighted by Gasteiger charge is 2.30. The molecule has 30 heavy (non-hydrogen) atoms. The number of likely N-dealkylation sites (N-methyl/N-ethyl adjacent to an activating group) is 1. The Balaban J connectivity index is 1.47. The molecule has 0 N–H and O–H groups in total. The minimum absolute atomic E-state index is 0.150. The molecule has 1 saturated heterocycles. The van der Waals surface area contributed by atoms with E-state index in [9.17, 15) is 4.39 Å². The number of piperazine rings is 1. The van der Waals surface area contributed by atoms with Crippen LogP contribution in [0, 0.1) is 5.82 Å². The van der Waals surface area contributed by atoms with Crippen molar-refractivity contribution in [2.24, 2.45) is 0 Å². The van der Waals surface area contributed by atoms with Gasteiger partial charge in [-0.3, -0.25) is 4.90 Å². The SMILES string of the molecule is CN1CCN([C@H](c2ccc(F)cc2)c2nnnn2Cc2ccc3c(c2)OCO3)CC1. The van der Waals surface area contributed by atoms with Crippen LogP contribution in [-0.2, 0) is 6.54 Å². The van der Waals surface area contributed by atoms with Gasteiger partial charge in [0.05, 0.1) is 12.6 Å².